The summed E-state index contributed by atoms with van der Waals surface area (Å²) in [6.07, 6.45) is -0.938. The van der Waals surface area contributed by atoms with Crippen molar-refractivity contribution < 1.29 is 23.5 Å². The van der Waals surface area contributed by atoms with Crippen LogP contribution in [0, 0.1) is 5.82 Å². The first-order chi connectivity index (χ1) is 14.4. The van der Waals surface area contributed by atoms with Gasteiger partial charge in [0.1, 0.15) is 23.2 Å². The van der Waals surface area contributed by atoms with E-state index >= 15 is 0 Å². The maximum absolute atomic E-state index is 12.9. The van der Waals surface area contributed by atoms with Gasteiger partial charge in [-0.2, -0.15) is 0 Å². The molecule has 1 unspecified atom stereocenters. The van der Waals surface area contributed by atoms with Gasteiger partial charge in [0.2, 0.25) is 0 Å². The van der Waals surface area contributed by atoms with E-state index in [4.69, 9.17) is 9.47 Å². The molecule has 156 valence electrons. The predicted molar refractivity (Wildman–Crippen MR) is 111 cm³/mol. The van der Waals surface area contributed by atoms with Crippen molar-refractivity contribution in [2.45, 2.75) is 26.2 Å². The summed E-state index contributed by atoms with van der Waals surface area (Å²) < 4.78 is 23.7. The van der Waals surface area contributed by atoms with Gasteiger partial charge >= 0.3 is 5.97 Å². The molecule has 0 N–H and O–H groups in total. The first kappa shape index (κ1) is 21.4. The van der Waals surface area contributed by atoms with Crippen LogP contribution in [0.15, 0.2) is 60.0 Å². The molecule has 3 rings (SSSR count). The molecule has 0 saturated carbocycles. The van der Waals surface area contributed by atoms with Crippen LogP contribution in [-0.2, 0) is 22.7 Å². The third-order valence-electron chi connectivity index (χ3n) is 4.21. The Hall–Kier alpha value is -3.26. The number of esters is 1. The van der Waals surface area contributed by atoms with Gasteiger partial charge in [0.25, 0.3) is 5.91 Å². The number of benzene rings is 2. The zero-order valence-corrected chi connectivity index (χ0v) is 17.4. The van der Waals surface area contributed by atoms with E-state index in [1.54, 1.807) is 12.4 Å². The van der Waals surface area contributed by atoms with Crippen LogP contribution in [0.2, 0.25) is 0 Å². The van der Waals surface area contributed by atoms with Gasteiger partial charge in [-0.3, -0.25) is 4.79 Å². The van der Waals surface area contributed by atoms with Crippen molar-refractivity contribution in [1.29, 1.82) is 0 Å². The Labute approximate surface area is 177 Å². The molecule has 0 aliphatic carbocycles. The van der Waals surface area contributed by atoms with Gasteiger partial charge in [-0.25, -0.2) is 14.2 Å². The second-order valence-electron chi connectivity index (χ2n) is 6.60. The zero-order valence-electron chi connectivity index (χ0n) is 16.6. The smallest absolute Gasteiger partial charge is 0.358 e. The summed E-state index contributed by atoms with van der Waals surface area (Å²) in [5.74, 6) is -0.827. The van der Waals surface area contributed by atoms with Gasteiger partial charge in [0.05, 0.1) is 0 Å². The van der Waals surface area contributed by atoms with Crippen molar-refractivity contribution in [3.05, 3.63) is 82.1 Å². The molecule has 0 bridgehead atoms. The molecule has 0 aliphatic rings. The van der Waals surface area contributed by atoms with Gasteiger partial charge in [-0.1, -0.05) is 30.3 Å². The number of aromatic nitrogens is 1. The Morgan fingerprint density at radius 3 is 2.53 bits per heavy atom. The molecule has 2 aromatic carbocycles. The summed E-state index contributed by atoms with van der Waals surface area (Å²) in [5.41, 5.74) is 1.10. The molecule has 0 spiro atoms. The molecule has 1 amide bonds. The van der Waals surface area contributed by atoms with Crippen molar-refractivity contribution in [2.24, 2.45) is 0 Å². The number of thiazole rings is 1. The number of nitrogens with zero attached hydrogens (tertiary/aromatic N) is 2. The fraction of sp³-hybridized carbons (Fsp3) is 0.227. The number of amides is 1. The molecule has 1 aromatic heterocycles. The summed E-state index contributed by atoms with van der Waals surface area (Å²) in [5, 5.41) is 2.11. The Morgan fingerprint density at radius 2 is 1.83 bits per heavy atom. The van der Waals surface area contributed by atoms with Crippen molar-refractivity contribution >= 4 is 23.2 Å². The van der Waals surface area contributed by atoms with E-state index in [2.05, 4.69) is 4.98 Å². The Kier molecular flexibility index (Phi) is 7.13. The van der Waals surface area contributed by atoms with Crippen LogP contribution in [0.3, 0.4) is 0 Å². The average Bonchev–Trinajstić information content (AvgIpc) is 3.22. The van der Waals surface area contributed by atoms with E-state index < -0.39 is 12.1 Å². The van der Waals surface area contributed by atoms with Crippen LogP contribution < -0.4 is 4.74 Å². The van der Waals surface area contributed by atoms with Gasteiger partial charge in [-0.15, -0.1) is 11.3 Å². The summed E-state index contributed by atoms with van der Waals surface area (Å²) in [7, 11) is 1.66. The van der Waals surface area contributed by atoms with Crippen LogP contribution in [0.1, 0.15) is 28.0 Å². The molecular formula is C22H21FN2O4S. The Balaban J connectivity index is 1.51. The number of hydrogen-bond donors (Lipinski definition) is 0. The van der Waals surface area contributed by atoms with Crippen LogP contribution >= 0.6 is 11.3 Å². The van der Waals surface area contributed by atoms with Gasteiger partial charge in [0.15, 0.2) is 11.8 Å². The maximum atomic E-state index is 12.9. The van der Waals surface area contributed by atoms with Gasteiger partial charge < -0.3 is 14.4 Å². The minimum Gasteiger partial charge on any atom is -0.486 e. The standard InChI is InChI=1S/C22H21FN2O4S/c1-15(21(26)25(2)12-16-6-4-3-5-7-16)29-22(27)19-14-30-20(24-19)13-28-18-10-8-17(23)9-11-18/h3-11,14-15H,12-13H2,1-2H3. The second-order valence-corrected chi connectivity index (χ2v) is 7.54. The molecule has 0 saturated heterocycles. The number of rotatable bonds is 8. The first-order valence-electron chi connectivity index (χ1n) is 9.25. The lowest BCUT2D eigenvalue weighted by Crippen LogP contribution is -2.37. The quantitative estimate of drug-likeness (QED) is 0.506. The number of halogens is 1. The third-order valence-corrected chi connectivity index (χ3v) is 5.03. The zero-order chi connectivity index (χ0) is 21.5. The highest BCUT2D eigenvalue weighted by molar-refractivity contribution is 7.09. The number of ether oxygens (including phenoxy) is 2. The van der Waals surface area contributed by atoms with E-state index in [9.17, 15) is 14.0 Å². The molecule has 8 heteroatoms. The predicted octanol–water partition coefficient (Wildman–Crippen LogP) is 4.07. The minimum absolute atomic E-state index is 0.114. The summed E-state index contributed by atoms with van der Waals surface area (Å²) in [6, 6.07) is 15.2. The number of hydrogen-bond acceptors (Lipinski definition) is 6. The van der Waals surface area contributed by atoms with Gasteiger partial charge in [0, 0.05) is 19.0 Å². The average molecular weight is 428 g/mol. The molecule has 0 radical (unpaired) electrons. The fourth-order valence-corrected chi connectivity index (χ4v) is 3.34. The molecule has 3 aromatic rings. The first-order valence-corrected chi connectivity index (χ1v) is 10.1. The molecule has 0 aliphatic heterocycles. The topological polar surface area (TPSA) is 68.7 Å². The summed E-state index contributed by atoms with van der Waals surface area (Å²) in [6.45, 7) is 2.09. The molecule has 1 heterocycles. The lowest BCUT2D eigenvalue weighted by atomic mass is 10.2. The molecule has 30 heavy (non-hydrogen) atoms. The largest absolute Gasteiger partial charge is 0.486 e. The molecule has 0 fully saturated rings. The number of likely N-dealkylation sites (N-methyl/N-ethyl adjacent to an activating group) is 1. The summed E-state index contributed by atoms with van der Waals surface area (Å²) >= 11 is 1.24. The fourth-order valence-electron chi connectivity index (χ4n) is 2.66. The van der Waals surface area contributed by atoms with E-state index in [1.165, 1.54) is 47.4 Å². The lowest BCUT2D eigenvalue weighted by Gasteiger charge is -2.21. The van der Waals surface area contributed by atoms with Crippen molar-refractivity contribution in [1.82, 2.24) is 9.88 Å². The second kappa shape index (κ2) is 9.98. The summed E-state index contributed by atoms with van der Waals surface area (Å²) in [4.78, 5) is 30.5. The monoisotopic (exact) mass is 428 g/mol. The highest BCUT2D eigenvalue weighted by atomic mass is 32.1. The van der Waals surface area contributed by atoms with Gasteiger partial charge in [-0.05, 0) is 36.8 Å². The molecule has 1 atom stereocenters. The number of carbonyl (C=O) groups is 2. The van der Waals surface area contributed by atoms with E-state index in [-0.39, 0.29) is 24.0 Å². The Bertz CT molecular complexity index is 992. The third kappa shape index (κ3) is 5.87. The van der Waals surface area contributed by atoms with Crippen LogP contribution in [0.25, 0.3) is 0 Å². The van der Waals surface area contributed by atoms with Crippen molar-refractivity contribution in [2.75, 3.05) is 7.05 Å². The van der Waals surface area contributed by atoms with E-state index in [0.29, 0.717) is 17.3 Å². The van der Waals surface area contributed by atoms with E-state index in [0.717, 1.165) is 5.56 Å². The van der Waals surface area contributed by atoms with Crippen molar-refractivity contribution in [3.63, 3.8) is 0 Å². The van der Waals surface area contributed by atoms with Crippen molar-refractivity contribution in [3.8, 4) is 5.75 Å². The maximum Gasteiger partial charge on any atom is 0.358 e. The highest BCUT2D eigenvalue weighted by Gasteiger charge is 2.23. The lowest BCUT2D eigenvalue weighted by molar-refractivity contribution is -0.139. The highest BCUT2D eigenvalue weighted by Crippen LogP contribution is 2.17. The Morgan fingerprint density at radius 1 is 1.13 bits per heavy atom. The van der Waals surface area contributed by atoms with Crippen LogP contribution in [0.4, 0.5) is 4.39 Å². The SMILES string of the molecule is CC(OC(=O)c1csc(COc2ccc(F)cc2)n1)C(=O)N(C)Cc1ccccc1. The molecule has 6 nitrogen and oxygen atoms in total. The van der Waals surface area contributed by atoms with E-state index in [1.807, 2.05) is 30.3 Å². The van der Waals surface area contributed by atoms with Crippen LogP contribution in [0.5, 0.6) is 5.75 Å². The van der Waals surface area contributed by atoms with Crippen LogP contribution in [-0.4, -0.2) is 34.9 Å². The molecular weight excluding hydrogens is 407 g/mol. The number of carbonyl (C=O) groups excluding carboxylic acids is 2. The minimum atomic E-state index is -0.938. The normalized spacial score (nSPS) is 11.6.